The number of hydrogen-bond donors (Lipinski definition) is 1. The number of nitrogens with one attached hydrogen (secondary N) is 1. The largest absolute Gasteiger partial charge is 0.306 e. The van der Waals surface area contributed by atoms with Gasteiger partial charge in [-0.3, -0.25) is 0 Å². The molecule has 1 N–H and O–H groups in total. The number of pyridine rings is 1. The maximum Gasteiger partial charge on any atom is 0.140 e. The van der Waals surface area contributed by atoms with Crippen molar-refractivity contribution in [3.8, 4) is 6.07 Å². The summed E-state index contributed by atoms with van der Waals surface area (Å²) in [6, 6.07) is 14.3. The topological polar surface area (TPSA) is 48.7 Å². The lowest BCUT2D eigenvalue weighted by atomic mass is 10.1. The zero-order chi connectivity index (χ0) is 13.7. The fraction of sp³-hybridized carbons (Fsp3) is 0.200. The number of hydrogen-bond acceptors (Lipinski definition) is 3. The molecule has 0 unspecified atom stereocenters. The zero-order valence-corrected chi connectivity index (χ0v) is 12.2. The summed E-state index contributed by atoms with van der Waals surface area (Å²) in [6.45, 7) is 2.84. The molecular weight excluding hydrogens is 302 g/mol. The highest BCUT2D eigenvalue weighted by atomic mass is 79.9. The fourth-order valence-corrected chi connectivity index (χ4v) is 2.05. The predicted octanol–water partition coefficient (Wildman–Crippen LogP) is 3.57. The molecule has 0 aliphatic carbocycles. The highest BCUT2D eigenvalue weighted by Gasteiger charge is 2.05. The lowest BCUT2D eigenvalue weighted by Crippen LogP contribution is -2.18. The molecule has 3 nitrogen and oxygen atoms in total. The van der Waals surface area contributed by atoms with Crippen molar-refractivity contribution in [1.29, 1.82) is 5.26 Å². The Kier molecular flexibility index (Phi) is 4.67. The van der Waals surface area contributed by atoms with Gasteiger partial charge in [0.05, 0.1) is 0 Å². The zero-order valence-electron chi connectivity index (χ0n) is 10.6. The summed E-state index contributed by atoms with van der Waals surface area (Å²) in [5.41, 5.74) is 2.75. The third kappa shape index (κ3) is 3.88. The Bertz CT molecular complexity index is 587. The molecule has 96 valence electrons. The number of aromatic nitrogens is 1. The smallest absolute Gasteiger partial charge is 0.140 e. The van der Waals surface area contributed by atoms with Crippen molar-refractivity contribution >= 4 is 15.9 Å². The summed E-state index contributed by atoms with van der Waals surface area (Å²) >= 11 is 3.43. The minimum Gasteiger partial charge on any atom is -0.306 e. The quantitative estimate of drug-likeness (QED) is 0.938. The van der Waals surface area contributed by atoms with E-state index in [2.05, 4.69) is 45.3 Å². The van der Waals surface area contributed by atoms with Crippen LogP contribution in [0.5, 0.6) is 0 Å². The third-order valence-electron chi connectivity index (χ3n) is 2.92. The van der Waals surface area contributed by atoms with Gasteiger partial charge in [0, 0.05) is 23.3 Å². The first-order valence-electron chi connectivity index (χ1n) is 6.03. The molecule has 1 aromatic carbocycles. The van der Waals surface area contributed by atoms with Gasteiger partial charge in [0.15, 0.2) is 0 Å². The van der Waals surface area contributed by atoms with Gasteiger partial charge in [0.25, 0.3) is 0 Å². The second-order valence-electron chi connectivity index (χ2n) is 4.32. The molecule has 0 aliphatic heterocycles. The first-order valence-corrected chi connectivity index (χ1v) is 6.82. The lowest BCUT2D eigenvalue weighted by molar-refractivity contribution is 0.574. The van der Waals surface area contributed by atoms with E-state index in [1.165, 1.54) is 5.56 Å². The minimum absolute atomic E-state index is 0.256. The van der Waals surface area contributed by atoms with E-state index in [0.29, 0.717) is 12.2 Å². The molecular formula is C15H14BrN3. The van der Waals surface area contributed by atoms with E-state index in [9.17, 15) is 0 Å². The van der Waals surface area contributed by atoms with Gasteiger partial charge in [0.2, 0.25) is 0 Å². The lowest BCUT2D eigenvalue weighted by Gasteiger charge is -2.14. The van der Waals surface area contributed by atoms with Crippen LogP contribution in [-0.2, 0) is 6.54 Å². The van der Waals surface area contributed by atoms with Crippen LogP contribution < -0.4 is 5.32 Å². The van der Waals surface area contributed by atoms with Gasteiger partial charge in [-0.1, -0.05) is 28.1 Å². The molecule has 0 amide bonds. The summed E-state index contributed by atoms with van der Waals surface area (Å²) in [5.74, 6) is 0. The molecule has 0 saturated heterocycles. The van der Waals surface area contributed by atoms with E-state index in [0.717, 1.165) is 10.0 Å². The molecule has 1 aromatic heterocycles. The van der Waals surface area contributed by atoms with Crippen LogP contribution in [-0.4, -0.2) is 4.98 Å². The van der Waals surface area contributed by atoms with Gasteiger partial charge in [-0.15, -0.1) is 0 Å². The van der Waals surface area contributed by atoms with Crippen molar-refractivity contribution in [2.75, 3.05) is 0 Å². The summed E-state index contributed by atoms with van der Waals surface area (Å²) in [4.78, 5) is 3.96. The van der Waals surface area contributed by atoms with Crippen molar-refractivity contribution < 1.29 is 0 Å². The Balaban J connectivity index is 1.98. The highest BCUT2D eigenvalue weighted by molar-refractivity contribution is 9.10. The van der Waals surface area contributed by atoms with E-state index < -0.39 is 0 Å². The van der Waals surface area contributed by atoms with Crippen molar-refractivity contribution in [2.45, 2.75) is 19.5 Å². The maximum absolute atomic E-state index is 8.81. The van der Waals surface area contributed by atoms with Gasteiger partial charge in [-0.05, 0) is 42.3 Å². The molecule has 1 atom stereocenters. The highest BCUT2D eigenvalue weighted by Crippen LogP contribution is 2.17. The average molecular weight is 316 g/mol. The van der Waals surface area contributed by atoms with Crippen molar-refractivity contribution in [3.05, 3.63) is 63.9 Å². The van der Waals surface area contributed by atoms with Gasteiger partial charge in [0.1, 0.15) is 11.8 Å². The van der Waals surface area contributed by atoms with Crippen LogP contribution in [0.25, 0.3) is 0 Å². The van der Waals surface area contributed by atoms with Crippen LogP contribution in [0, 0.1) is 11.3 Å². The summed E-state index contributed by atoms with van der Waals surface area (Å²) in [5, 5.41) is 12.2. The molecule has 1 heterocycles. The average Bonchev–Trinajstić information content (AvgIpc) is 2.46. The van der Waals surface area contributed by atoms with Crippen LogP contribution in [0.3, 0.4) is 0 Å². The molecule has 0 spiro atoms. The number of benzene rings is 1. The molecule has 0 aliphatic rings. The Labute approximate surface area is 121 Å². The van der Waals surface area contributed by atoms with Crippen LogP contribution in [0.1, 0.15) is 29.8 Å². The molecule has 0 radical (unpaired) electrons. The molecule has 2 aromatic rings. The van der Waals surface area contributed by atoms with Crippen molar-refractivity contribution in [3.63, 3.8) is 0 Å². The molecule has 0 saturated carbocycles. The molecule has 19 heavy (non-hydrogen) atoms. The van der Waals surface area contributed by atoms with Gasteiger partial charge < -0.3 is 5.32 Å². The first-order chi connectivity index (χ1) is 9.19. The van der Waals surface area contributed by atoms with Crippen molar-refractivity contribution in [2.24, 2.45) is 0 Å². The van der Waals surface area contributed by atoms with Crippen LogP contribution >= 0.6 is 15.9 Å². The van der Waals surface area contributed by atoms with Crippen LogP contribution in [0.15, 0.2) is 47.1 Å². The fourth-order valence-electron chi connectivity index (χ4n) is 1.79. The van der Waals surface area contributed by atoms with Crippen LogP contribution in [0.4, 0.5) is 0 Å². The summed E-state index contributed by atoms with van der Waals surface area (Å²) in [6.07, 6.45) is 1.67. The normalized spacial score (nSPS) is 11.8. The van der Waals surface area contributed by atoms with Crippen molar-refractivity contribution in [1.82, 2.24) is 10.3 Å². The minimum atomic E-state index is 0.256. The van der Waals surface area contributed by atoms with Gasteiger partial charge in [-0.2, -0.15) is 5.26 Å². The molecule has 0 fully saturated rings. The standard InChI is InChI=1S/C15H14BrN3/c1-11(13-2-4-14(16)5-3-13)19-10-12-6-7-18-15(8-12)9-17/h2-8,11,19H,10H2,1H3/t11-/m1/s1. The Morgan fingerprint density at radius 3 is 2.74 bits per heavy atom. The number of rotatable bonds is 4. The van der Waals surface area contributed by atoms with Gasteiger partial charge >= 0.3 is 0 Å². The van der Waals surface area contributed by atoms with E-state index in [-0.39, 0.29) is 6.04 Å². The predicted molar refractivity (Wildman–Crippen MR) is 78.3 cm³/mol. The first kappa shape index (κ1) is 13.7. The molecule has 4 heteroatoms. The van der Waals surface area contributed by atoms with E-state index in [1.54, 1.807) is 12.3 Å². The Morgan fingerprint density at radius 1 is 1.32 bits per heavy atom. The van der Waals surface area contributed by atoms with Crippen LogP contribution in [0.2, 0.25) is 0 Å². The second kappa shape index (κ2) is 6.46. The number of nitrogens with zero attached hydrogens (tertiary/aromatic N) is 2. The van der Waals surface area contributed by atoms with E-state index in [1.807, 2.05) is 24.3 Å². The molecule has 0 bridgehead atoms. The maximum atomic E-state index is 8.81. The van der Waals surface area contributed by atoms with E-state index in [4.69, 9.17) is 5.26 Å². The second-order valence-corrected chi connectivity index (χ2v) is 5.23. The number of nitriles is 1. The van der Waals surface area contributed by atoms with Gasteiger partial charge in [-0.25, -0.2) is 4.98 Å². The summed E-state index contributed by atoms with van der Waals surface area (Å²) < 4.78 is 1.08. The summed E-state index contributed by atoms with van der Waals surface area (Å²) in [7, 11) is 0. The van der Waals surface area contributed by atoms with E-state index >= 15 is 0 Å². The Morgan fingerprint density at radius 2 is 2.05 bits per heavy atom. The third-order valence-corrected chi connectivity index (χ3v) is 3.45. The Hall–Kier alpha value is -1.70. The SMILES string of the molecule is C[C@@H](NCc1ccnc(C#N)c1)c1ccc(Br)cc1. The molecule has 2 rings (SSSR count). The number of halogens is 1. The monoisotopic (exact) mass is 315 g/mol.